The zero-order chi connectivity index (χ0) is 18.9. The summed E-state index contributed by atoms with van der Waals surface area (Å²) in [7, 11) is -0.971. The maximum Gasteiger partial charge on any atom is 0.321 e. The van der Waals surface area contributed by atoms with E-state index in [1.54, 1.807) is 24.5 Å². The number of carbonyl (C=O) groups excluding carboxylic acids is 1. The minimum absolute atomic E-state index is 0.0653. The van der Waals surface area contributed by atoms with Gasteiger partial charge in [-0.2, -0.15) is 0 Å². The summed E-state index contributed by atoms with van der Waals surface area (Å²) < 4.78 is 13.2. The number of piperidine rings is 1. The Bertz CT molecular complexity index is 844. The van der Waals surface area contributed by atoms with E-state index in [0.717, 1.165) is 41.8 Å². The molecule has 0 radical (unpaired) electrons. The smallest absolute Gasteiger partial charge is 0.321 e. The van der Waals surface area contributed by atoms with Gasteiger partial charge in [-0.3, -0.25) is 9.19 Å². The Morgan fingerprint density at radius 2 is 1.81 bits per heavy atom. The van der Waals surface area contributed by atoms with E-state index in [9.17, 15) is 9.00 Å². The zero-order valence-electron chi connectivity index (χ0n) is 15.6. The fraction of sp³-hybridized carbons (Fsp3) is 0.429. The van der Waals surface area contributed by atoms with Crippen LogP contribution in [0.4, 0.5) is 10.5 Å². The zero-order valence-corrected chi connectivity index (χ0v) is 16.4. The lowest BCUT2D eigenvalue weighted by Gasteiger charge is -2.36. The first-order chi connectivity index (χ1) is 13.1. The van der Waals surface area contributed by atoms with Gasteiger partial charge in [0.2, 0.25) is 0 Å². The molecule has 6 heteroatoms. The highest BCUT2D eigenvalue weighted by molar-refractivity contribution is 7.87. The van der Waals surface area contributed by atoms with Gasteiger partial charge in [-0.15, -0.1) is 0 Å². The maximum atomic E-state index is 13.3. The van der Waals surface area contributed by atoms with Crippen molar-refractivity contribution >= 4 is 22.5 Å². The van der Waals surface area contributed by atoms with Crippen molar-refractivity contribution in [3.63, 3.8) is 0 Å². The number of nitrogens with one attached hydrogen (secondary N) is 1. The first-order valence-corrected chi connectivity index (χ1v) is 10.7. The van der Waals surface area contributed by atoms with Crippen LogP contribution in [0, 0.1) is 12.8 Å². The third-order valence-electron chi connectivity index (χ3n) is 5.86. The summed E-state index contributed by atoms with van der Waals surface area (Å²) in [5, 5.41) is 2.92. The van der Waals surface area contributed by atoms with E-state index in [1.807, 2.05) is 36.1 Å². The number of pyridine rings is 1. The van der Waals surface area contributed by atoms with E-state index >= 15 is 0 Å². The number of likely N-dealkylation sites (tertiary alicyclic amines) is 1. The highest BCUT2D eigenvalue weighted by Gasteiger charge is 2.55. The van der Waals surface area contributed by atoms with Crippen LogP contribution in [0.2, 0.25) is 0 Å². The molecule has 0 bridgehead atoms. The average Bonchev–Trinajstić information content (AvgIpc) is 3.51. The monoisotopic (exact) mass is 383 g/mol. The van der Waals surface area contributed by atoms with Crippen LogP contribution >= 0.6 is 0 Å². The minimum atomic E-state index is -0.971. The Morgan fingerprint density at radius 1 is 1.15 bits per heavy atom. The molecular weight excluding hydrogens is 358 g/mol. The quantitative estimate of drug-likeness (QED) is 0.869. The largest absolute Gasteiger partial charge is 0.325 e. The van der Waals surface area contributed by atoms with Crippen LogP contribution in [-0.2, 0) is 10.8 Å². The Morgan fingerprint density at radius 3 is 2.44 bits per heavy atom. The number of amides is 2. The lowest BCUT2D eigenvalue weighted by atomic mass is 9.91. The molecule has 0 spiro atoms. The molecule has 1 unspecified atom stereocenters. The van der Waals surface area contributed by atoms with Gasteiger partial charge in [0, 0.05) is 36.1 Å². The van der Waals surface area contributed by atoms with Gasteiger partial charge in [0.1, 0.15) is 0 Å². The SMILES string of the molecule is Cc1ccccc1S(=O)C1(C2CCN(C(=O)Nc3ccncc3)CC2)CC1. The van der Waals surface area contributed by atoms with Crippen LogP contribution in [-0.4, -0.2) is 38.0 Å². The molecule has 1 N–H and O–H groups in total. The summed E-state index contributed by atoms with van der Waals surface area (Å²) in [4.78, 5) is 19.3. The number of aryl methyl sites for hydroxylation is 1. The van der Waals surface area contributed by atoms with Gasteiger partial charge in [-0.1, -0.05) is 18.2 Å². The van der Waals surface area contributed by atoms with Crippen LogP contribution in [0.15, 0.2) is 53.7 Å². The van der Waals surface area contributed by atoms with E-state index in [2.05, 4.69) is 10.3 Å². The van der Waals surface area contributed by atoms with Crippen molar-refractivity contribution in [3.05, 3.63) is 54.4 Å². The van der Waals surface area contributed by atoms with E-state index in [0.29, 0.717) is 19.0 Å². The summed E-state index contributed by atoms with van der Waals surface area (Å²) in [6, 6.07) is 11.5. The van der Waals surface area contributed by atoms with Gasteiger partial charge in [0.25, 0.3) is 0 Å². The molecule has 2 aliphatic rings. The molecule has 5 nitrogen and oxygen atoms in total. The number of benzene rings is 1. The third-order valence-corrected chi connectivity index (χ3v) is 8.20. The Hall–Kier alpha value is -2.21. The number of carbonyl (C=O) groups is 1. The number of nitrogens with zero attached hydrogens (tertiary/aromatic N) is 2. The second kappa shape index (κ2) is 7.43. The summed E-state index contributed by atoms with van der Waals surface area (Å²) in [6.07, 6.45) is 7.23. The first kappa shape index (κ1) is 18.2. The number of anilines is 1. The summed E-state index contributed by atoms with van der Waals surface area (Å²) >= 11 is 0. The van der Waals surface area contributed by atoms with E-state index in [4.69, 9.17) is 0 Å². The Balaban J connectivity index is 1.38. The lowest BCUT2D eigenvalue weighted by Crippen LogP contribution is -2.44. The van der Waals surface area contributed by atoms with Crippen LogP contribution in [0.3, 0.4) is 0 Å². The predicted octanol–water partition coefficient (Wildman–Crippen LogP) is 3.97. The topological polar surface area (TPSA) is 62.3 Å². The van der Waals surface area contributed by atoms with Crippen molar-refractivity contribution in [2.45, 2.75) is 42.2 Å². The molecule has 2 aromatic rings. The number of rotatable bonds is 4. The second-order valence-electron chi connectivity index (χ2n) is 7.53. The van der Waals surface area contributed by atoms with Crippen LogP contribution < -0.4 is 5.32 Å². The van der Waals surface area contributed by atoms with Gasteiger partial charge in [0.05, 0.1) is 15.5 Å². The molecule has 1 aliphatic carbocycles. The van der Waals surface area contributed by atoms with Crippen molar-refractivity contribution < 1.29 is 9.00 Å². The minimum Gasteiger partial charge on any atom is -0.325 e. The fourth-order valence-corrected chi connectivity index (χ4v) is 6.11. The molecule has 1 atom stereocenters. The molecule has 4 rings (SSSR count). The number of hydrogen-bond acceptors (Lipinski definition) is 3. The molecule has 2 fully saturated rings. The van der Waals surface area contributed by atoms with Crippen molar-refractivity contribution in [1.29, 1.82) is 0 Å². The molecule has 2 heterocycles. The van der Waals surface area contributed by atoms with Crippen LogP contribution in [0.25, 0.3) is 0 Å². The summed E-state index contributed by atoms with van der Waals surface area (Å²) in [5.41, 5.74) is 1.87. The van der Waals surface area contributed by atoms with E-state index in [-0.39, 0.29) is 10.8 Å². The lowest BCUT2D eigenvalue weighted by molar-refractivity contribution is 0.179. The first-order valence-electron chi connectivity index (χ1n) is 9.54. The van der Waals surface area contributed by atoms with Crippen molar-refractivity contribution in [2.24, 2.45) is 5.92 Å². The van der Waals surface area contributed by atoms with E-state index in [1.165, 1.54) is 0 Å². The predicted molar refractivity (Wildman–Crippen MR) is 107 cm³/mol. The average molecular weight is 384 g/mol. The van der Waals surface area contributed by atoms with Crippen LogP contribution in [0.5, 0.6) is 0 Å². The highest BCUT2D eigenvalue weighted by Crippen LogP contribution is 2.53. The van der Waals surface area contributed by atoms with Gasteiger partial charge in [0.15, 0.2) is 0 Å². The number of hydrogen-bond donors (Lipinski definition) is 1. The van der Waals surface area contributed by atoms with Gasteiger partial charge < -0.3 is 10.2 Å². The molecule has 2 amide bonds. The number of urea groups is 1. The summed E-state index contributed by atoms with van der Waals surface area (Å²) in [5.74, 6) is 0.419. The standard InChI is InChI=1S/C21H25N3O2S/c1-16-4-2-3-5-19(16)27(26)21(10-11-21)17-8-14-24(15-9-17)20(25)23-18-6-12-22-13-7-18/h2-7,12-13,17H,8-11,14-15H2,1H3,(H,22,23,25). The normalized spacial score (nSPS) is 20.1. The number of aromatic nitrogens is 1. The van der Waals surface area contributed by atoms with Crippen molar-refractivity contribution in [2.75, 3.05) is 18.4 Å². The van der Waals surface area contributed by atoms with Gasteiger partial charge in [-0.25, -0.2) is 4.79 Å². The molecule has 1 saturated heterocycles. The Kier molecular flexibility index (Phi) is 5.00. The van der Waals surface area contributed by atoms with Crippen molar-refractivity contribution in [1.82, 2.24) is 9.88 Å². The Labute approximate surface area is 162 Å². The molecule has 142 valence electrons. The maximum absolute atomic E-state index is 13.3. The van der Waals surface area contributed by atoms with E-state index < -0.39 is 10.8 Å². The molecule has 1 aromatic heterocycles. The molecule has 1 aromatic carbocycles. The molecule has 1 saturated carbocycles. The molecule has 1 aliphatic heterocycles. The molecule has 27 heavy (non-hydrogen) atoms. The fourth-order valence-electron chi connectivity index (χ4n) is 4.10. The highest BCUT2D eigenvalue weighted by atomic mass is 32.2. The van der Waals surface area contributed by atoms with Crippen molar-refractivity contribution in [3.8, 4) is 0 Å². The van der Waals surface area contributed by atoms with Gasteiger partial charge in [-0.05, 0) is 62.3 Å². The summed E-state index contributed by atoms with van der Waals surface area (Å²) in [6.45, 7) is 3.47. The van der Waals surface area contributed by atoms with Gasteiger partial charge >= 0.3 is 6.03 Å². The van der Waals surface area contributed by atoms with Crippen LogP contribution in [0.1, 0.15) is 31.2 Å². The second-order valence-corrected chi connectivity index (χ2v) is 9.32. The third kappa shape index (κ3) is 3.63. The molecular formula is C21H25N3O2S.